The van der Waals surface area contributed by atoms with E-state index in [1.165, 1.54) is 12.1 Å². The number of rotatable bonds is 8. The molecule has 0 fully saturated rings. The molecule has 130 valence electrons. The molecule has 2 N–H and O–H groups in total. The summed E-state index contributed by atoms with van der Waals surface area (Å²) in [5.74, 6) is 0.492. The van der Waals surface area contributed by atoms with E-state index in [0.29, 0.717) is 19.8 Å². The summed E-state index contributed by atoms with van der Waals surface area (Å²) in [6.45, 7) is 4.77. The first-order chi connectivity index (χ1) is 11.7. The van der Waals surface area contributed by atoms with E-state index in [1.807, 2.05) is 19.2 Å². The first-order valence-corrected chi connectivity index (χ1v) is 8.05. The van der Waals surface area contributed by atoms with Crippen molar-refractivity contribution < 1.29 is 9.13 Å². The van der Waals surface area contributed by atoms with Gasteiger partial charge in [0.15, 0.2) is 5.96 Å². The second-order valence-corrected chi connectivity index (χ2v) is 5.10. The fraction of sp³-hybridized carbons (Fsp3) is 0.412. The number of nitrogens with one attached hydrogen (secondary N) is 2. The predicted molar refractivity (Wildman–Crippen MR) is 93.1 cm³/mol. The minimum atomic E-state index is -0.251. The van der Waals surface area contributed by atoms with E-state index in [1.54, 1.807) is 23.9 Å². The topological polar surface area (TPSA) is 63.5 Å². The Labute approximate surface area is 141 Å². The quantitative estimate of drug-likeness (QED) is 0.439. The van der Waals surface area contributed by atoms with Crippen LogP contribution in [0.1, 0.15) is 12.6 Å². The highest BCUT2D eigenvalue weighted by atomic mass is 19.1. The average molecular weight is 333 g/mol. The molecule has 1 aromatic carbocycles. The number of benzene rings is 1. The SMILES string of the molecule is CCOCCNC(=NC)NCCc1ccn(-c2ccc(F)cc2)n1. The largest absolute Gasteiger partial charge is 0.380 e. The molecular formula is C17H24FN5O. The molecule has 0 saturated heterocycles. The smallest absolute Gasteiger partial charge is 0.191 e. The van der Waals surface area contributed by atoms with Gasteiger partial charge in [-0.15, -0.1) is 0 Å². The number of aliphatic imine (C=N–C) groups is 1. The molecule has 0 bridgehead atoms. The third-order valence-electron chi connectivity index (χ3n) is 3.38. The zero-order chi connectivity index (χ0) is 17.2. The van der Waals surface area contributed by atoms with Gasteiger partial charge in [0.2, 0.25) is 0 Å². The van der Waals surface area contributed by atoms with Crippen molar-refractivity contribution in [1.82, 2.24) is 20.4 Å². The highest BCUT2D eigenvalue weighted by molar-refractivity contribution is 5.79. The Bertz CT molecular complexity index is 639. The van der Waals surface area contributed by atoms with Crippen molar-refractivity contribution in [3.63, 3.8) is 0 Å². The highest BCUT2D eigenvalue weighted by Gasteiger charge is 2.03. The third kappa shape index (κ3) is 5.66. The number of hydrogen-bond donors (Lipinski definition) is 2. The van der Waals surface area contributed by atoms with Gasteiger partial charge >= 0.3 is 0 Å². The van der Waals surface area contributed by atoms with Crippen LogP contribution in [0.3, 0.4) is 0 Å². The molecule has 1 aromatic heterocycles. The molecule has 2 rings (SSSR count). The van der Waals surface area contributed by atoms with Gasteiger partial charge in [-0.05, 0) is 37.3 Å². The zero-order valence-corrected chi connectivity index (χ0v) is 14.1. The number of halogens is 1. The minimum Gasteiger partial charge on any atom is -0.380 e. The molecule has 6 nitrogen and oxygen atoms in total. The van der Waals surface area contributed by atoms with Crippen LogP contribution in [0.2, 0.25) is 0 Å². The maximum absolute atomic E-state index is 13.0. The molecule has 7 heteroatoms. The lowest BCUT2D eigenvalue weighted by atomic mass is 10.3. The Hall–Kier alpha value is -2.41. The van der Waals surface area contributed by atoms with Gasteiger partial charge < -0.3 is 15.4 Å². The van der Waals surface area contributed by atoms with Gasteiger partial charge in [0.1, 0.15) is 5.82 Å². The van der Waals surface area contributed by atoms with E-state index in [-0.39, 0.29) is 5.82 Å². The molecule has 1 heterocycles. The summed E-state index contributed by atoms with van der Waals surface area (Å²) in [7, 11) is 1.74. The van der Waals surface area contributed by atoms with Crippen molar-refractivity contribution in [2.75, 3.05) is 33.4 Å². The Kier molecular flexibility index (Phi) is 7.22. The Morgan fingerprint density at radius 2 is 1.96 bits per heavy atom. The Balaban J connectivity index is 1.77. The first-order valence-electron chi connectivity index (χ1n) is 8.05. The van der Waals surface area contributed by atoms with Crippen molar-refractivity contribution in [1.29, 1.82) is 0 Å². The van der Waals surface area contributed by atoms with Crippen molar-refractivity contribution >= 4 is 5.96 Å². The normalized spacial score (nSPS) is 11.5. The van der Waals surface area contributed by atoms with E-state index in [2.05, 4.69) is 20.7 Å². The number of hydrogen-bond acceptors (Lipinski definition) is 3. The molecule has 0 aliphatic heterocycles. The van der Waals surface area contributed by atoms with Gasteiger partial charge in [0.05, 0.1) is 18.0 Å². The van der Waals surface area contributed by atoms with Crippen LogP contribution in [0.5, 0.6) is 0 Å². The fourth-order valence-electron chi connectivity index (χ4n) is 2.15. The predicted octanol–water partition coefficient (Wildman–Crippen LogP) is 1.76. The minimum absolute atomic E-state index is 0.251. The third-order valence-corrected chi connectivity index (χ3v) is 3.38. The van der Waals surface area contributed by atoms with E-state index in [9.17, 15) is 4.39 Å². The van der Waals surface area contributed by atoms with Crippen LogP contribution >= 0.6 is 0 Å². The van der Waals surface area contributed by atoms with Gasteiger partial charge in [0, 0.05) is 39.4 Å². The van der Waals surface area contributed by atoms with Crippen LogP contribution in [0.15, 0.2) is 41.5 Å². The van der Waals surface area contributed by atoms with Crippen molar-refractivity contribution in [3.05, 3.63) is 48.0 Å². The second-order valence-electron chi connectivity index (χ2n) is 5.10. The lowest BCUT2D eigenvalue weighted by molar-refractivity contribution is 0.152. The van der Waals surface area contributed by atoms with E-state index in [4.69, 9.17) is 4.74 Å². The van der Waals surface area contributed by atoms with Gasteiger partial charge in [-0.2, -0.15) is 5.10 Å². The summed E-state index contributed by atoms with van der Waals surface area (Å²) in [6, 6.07) is 8.21. The van der Waals surface area contributed by atoms with E-state index < -0.39 is 0 Å². The Morgan fingerprint density at radius 3 is 2.67 bits per heavy atom. The molecule has 0 aliphatic carbocycles. The molecule has 0 amide bonds. The Morgan fingerprint density at radius 1 is 1.21 bits per heavy atom. The van der Waals surface area contributed by atoms with Gasteiger partial charge in [-0.1, -0.05) is 0 Å². The first kappa shape index (κ1) is 17.9. The van der Waals surface area contributed by atoms with E-state index >= 15 is 0 Å². The summed E-state index contributed by atoms with van der Waals surface area (Å²) in [5.41, 5.74) is 1.79. The van der Waals surface area contributed by atoms with Crippen LogP contribution in [0, 0.1) is 5.82 Å². The number of guanidine groups is 1. The monoisotopic (exact) mass is 333 g/mol. The molecular weight excluding hydrogens is 309 g/mol. The molecule has 2 aromatic rings. The van der Waals surface area contributed by atoms with Crippen LogP contribution < -0.4 is 10.6 Å². The maximum Gasteiger partial charge on any atom is 0.191 e. The average Bonchev–Trinajstić information content (AvgIpc) is 3.06. The molecule has 0 radical (unpaired) electrons. The summed E-state index contributed by atoms with van der Waals surface area (Å²) < 4.78 is 20.0. The fourth-order valence-corrected chi connectivity index (χ4v) is 2.15. The van der Waals surface area contributed by atoms with Crippen LogP contribution in [0.4, 0.5) is 4.39 Å². The standard InChI is InChI=1S/C17H24FN5O/c1-3-24-13-11-21-17(19-2)20-10-8-15-9-12-23(22-15)16-6-4-14(18)5-7-16/h4-7,9,12H,3,8,10-11,13H2,1-2H3,(H2,19,20,21). The van der Waals surface area contributed by atoms with Crippen molar-refractivity contribution in [2.45, 2.75) is 13.3 Å². The summed E-state index contributed by atoms with van der Waals surface area (Å²) >= 11 is 0. The van der Waals surface area contributed by atoms with Gasteiger partial charge in [-0.3, -0.25) is 4.99 Å². The van der Waals surface area contributed by atoms with Gasteiger partial charge in [-0.25, -0.2) is 9.07 Å². The van der Waals surface area contributed by atoms with Crippen molar-refractivity contribution in [2.24, 2.45) is 4.99 Å². The molecule has 0 unspecified atom stereocenters. The van der Waals surface area contributed by atoms with Crippen molar-refractivity contribution in [3.8, 4) is 5.69 Å². The lowest BCUT2D eigenvalue weighted by Gasteiger charge is -2.11. The second kappa shape index (κ2) is 9.67. The van der Waals surface area contributed by atoms with Crippen LogP contribution in [-0.2, 0) is 11.2 Å². The lowest BCUT2D eigenvalue weighted by Crippen LogP contribution is -2.39. The molecule has 24 heavy (non-hydrogen) atoms. The maximum atomic E-state index is 13.0. The number of ether oxygens (including phenoxy) is 1. The van der Waals surface area contributed by atoms with E-state index in [0.717, 1.165) is 30.3 Å². The van der Waals surface area contributed by atoms with Crippen LogP contribution in [-0.4, -0.2) is 49.1 Å². The summed E-state index contributed by atoms with van der Waals surface area (Å²) in [4.78, 5) is 4.16. The summed E-state index contributed by atoms with van der Waals surface area (Å²) in [6.07, 6.45) is 2.64. The number of aromatic nitrogens is 2. The molecule has 0 saturated carbocycles. The zero-order valence-electron chi connectivity index (χ0n) is 14.1. The van der Waals surface area contributed by atoms with Gasteiger partial charge in [0.25, 0.3) is 0 Å². The number of nitrogens with zero attached hydrogens (tertiary/aromatic N) is 3. The van der Waals surface area contributed by atoms with Crippen LogP contribution in [0.25, 0.3) is 5.69 Å². The molecule has 0 aliphatic rings. The molecule has 0 atom stereocenters. The summed E-state index contributed by atoms with van der Waals surface area (Å²) in [5, 5.41) is 10.9. The molecule has 0 spiro atoms. The highest BCUT2D eigenvalue weighted by Crippen LogP contribution is 2.09.